The summed E-state index contributed by atoms with van der Waals surface area (Å²) < 4.78 is 5.56. The standard InChI is InChI=1S/C14H29NO/c1-5-6-8-16-9-7-15-13-11-14(3,4)10-12(13)2/h12-13,15H,5-11H2,1-4H3. The number of rotatable bonds is 7. The Kier molecular flexibility index (Phi) is 5.77. The molecule has 0 amide bonds. The highest BCUT2D eigenvalue weighted by atomic mass is 16.5. The fourth-order valence-corrected chi connectivity index (χ4v) is 2.83. The van der Waals surface area contributed by atoms with Crippen molar-refractivity contribution in [1.82, 2.24) is 5.32 Å². The molecule has 0 heterocycles. The van der Waals surface area contributed by atoms with Crippen LogP contribution in [0.1, 0.15) is 53.4 Å². The van der Waals surface area contributed by atoms with Crippen molar-refractivity contribution in [2.24, 2.45) is 11.3 Å². The molecule has 1 aliphatic carbocycles. The molecule has 2 heteroatoms. The lowest BCUT2D eigenvalue weighted by atomic mass is 9.91. The van der Waals surface area contributed by atoms with Gasteiger partial charge in [0.25, 0.3) is 0 Å². The molecular formula is C14H29NO. The molecule has 0 bridgehead atoms. The minimum atomic E-state index is 0.528. The van der Waals surface area contributed by atoms with Crippen molar-refractivity contribution in [3.8, 4) is 0 Å². The zero-order valence-electron chi connectivity index (χ0n) is 11.5. The van der Waals surface area contributed by atoms with Crippen LogP contribution in [-0.2, 0) is 4.74 Å². The normalized spacial score (nSPS) is 28.5. The molecule has 1 rings (SSSR count). The van der Waals surface area contributed by atoms with Crippen LogP contribution in [0, 0.1) is 11.3 Å². The van der Waals surface area contributed by atoms with Crippen molar-refractivity contribution in [2.75, 3.05) is 19.8 Å². The first-order valence-electron chi connectivity index (χ1n) is 6.86. The molecule has 0 aromatic rings. The largest absolute Gasteiger partial charge is 0.380 e. The van der Waals surface area contributed by atoms with E-state index < -0.39 is 0 Å². The monoisotopic (exact) mass is 227 g/mol. The Balaban J connectivity index is 2.05. The van der Waals surface area contributed by atoms with E-state index >= 15 is 0 Å². The fraction of sp³-hybridized carbons (Fsp3) is 1.00. The average molecular weight is 227 g/mol. The van der Waals surface area contributed by atoms with Crippen molar-refractivity contribution < 1.29 is 4.74 Å². The molecule has 0 aliphatic heterocycles. The molecule has 16 heavy (non-hydrogen) atoms. The molecule has 2 unspecified atom stereocenters. The Morgan fingerprint density at radius 3 is 2.56 bits per heavy atom. The van der Waals surface area contributed by atoms with E-state index in [0.29, 0.717) is 11.5 Å². The van der Waals surface area contributed by atoms with Gasteiger partial charge in [-0.1, -0.05) is 34.1 Å². The maximum Gasteiger partial charge on any atom is 0.0591 e. The van der Waals surface area contributed by atoms with Gasteiger partial charge in [-0.05, 0) is 30.6 Å². The Morgan fingerprint density at radius 1 is 1.25 bits per heavy atom. The van der Waals surface area contributed by atoms with E-state index in [9.17, 15) is 0 Å². The highest BCUT2D eigenvalue weighted by Crippen LogP contribution is 2.40. The van der Waals surface area contributed by atoms with Crippen LogP contribution < -0.4 is 5.32 Å². The van der Waals surface area contributed by atoms with Gasteiger partial charge < -0.3 is 10.1 Å². The lowest BCUT2D eigenvalue weighted by Gasteiger charge is -2.18. The van der Waals surface area contributed by atoms with Crippen LogP contribution in [0.4, 0.5) is 0 Å². The Bertz CT molecular complexity index is 191. The molecule has 2 atom stereocenters. The van der Waals surface area contributed by atoms with Gasteiger partial charge in [-0.2, -0.15) is 0 Å². The van der Waals surface area contributed by atoms with E-state index in [1.807, 2.05) is 0 Å². The molecule has 0 aromatic carbocycles. The zero-order valence-corrected chi connectivity index (χ0v) is 11.5. The van der Waals surface area contributed by atoms with E-state index in [2.05, 4.69) is 33.0 Å². The quantitative estimate of drug-likeness (QED) is 0.674. The molecule has 0 saturated heterocycles. The third-order valence-electron chi connectivity index (χ3n) is 3.63. The number of ether oxygens (including phenoxy) is 1. The van der Waals surface area contributed by atoms with Crippen molar-refractivity contribution in [3.05, 3.63) is 0 Å². The Labute approximate surface area is 101 Å². The molecule has 96 valence electrons. The van der Waals surface area contributed by atoms with Gasteiger partial charge in [0.05, 0.1) is 6.61 Å². The second-order valence-corrected chi connectivity index (χ2v) is 6.08. The number of hydrogen-bond donors (Lipinski definition) is 1. The smallest absolute Gasteiger partial charge is 0.0591 e. The molecule has 2 nitrogen and oxygen atoms in total. The van der Waals surface area contributed by atoms with Crippen molar-refractivity contribution in [3.63, 3.8) is 0 Å². The number of unbranched alkanes of at least 4 members (excludes halogenated alkanes) is 1. The van der Waals surface area contributed by atoms with Gasteiger partial charge in [0.2, 0.25) is 0 Å². The lowest BCUT2D eigenvalue weighted by molar-refractivity contribution is 0.129. The van der Waals surface area contributed by atoms with Gasteiger partial charge in [-0.15, -0.1) is 0 Å². The summed E-state index contributed by atoms with van der Waals surface area (Å²) in [5, 5.41) is 3.64. The number of nitrogens with one attached hydrogen (secondary N) is 1. The van der Waals surface area contributed by atoms with Gasteiger partial charge in [0.15, 0.2) is 0 Å². The third kappa shape index (κ3) is 4.84. The van der Waals surface area contributed by atoms with E-state index in [-0.39, 0.29) is 0 Å². The summed E-state index contributed by atoms with van der Waals surface area (Å²) in [6.07, 6.45) is 5.07. The molecule has 0 spiro atoms. The summed E-state index contributed by atoms with van der Waals surface area (Å²) >= 11 is 0. The van der Waals surface area contributed by atoms with Crippen LogP contribution in [0.15, 0.2) is 0 Å². The molecular weight excluding hydrogens is 198 g/mol. The van der Waals surface area contributed by atoms with E-state index in [4.69, 9.17) is 4.74 Å². The Morgan fingerprint density at radius 2 is 2.00 bits per heavy atom. The predicted octanol–water partition coefficient (Wildman–Crippen LogP) is 3.22. The highest BCUT2D eigenvalue weighted by molar-refractivity contribution is 4.90. The van der Waals surface area contributed by atoms with Crippen molar-refractivity contribution >= 4 is 0 Å². The minimum Gasteiger partial charge on any atom is -0.380 e. The van der Waals surface area contributed by atoms with Gasteiger partial charge in [-0.25, -0.2) is 0 Å². The van der Waals surface area contributed by atoms with E-state index in [0.717, 1.165) is 25.7 Å². The third-order valence-corrected chi connectivity index (χ3v) is 3.63. The van der Waals surface area contributed by atoms with Crippen LogP contribution in [0.25, 0.3) is 0 Å². The summed E-state index contributed by atoms with van der Waals surface area (Å²) in [7, 11) is 0. The summed E-state index contributed by atoms with van der Waals surface area (Å²) in [4.78, 5) is 0. The summed E-state index contributed by atoms with van der Waals surface area (Å²) in [6, 6.07) is 0.699. The van der Waals surface area contributed by atoms with Crippen LogP contribution in [0.3, 0.4) is 0 Å². The molecule has 0 aromatic heterocycles. The molecule has 1 N–H and O–H groups in total. The number of hydrogen-bond acceptors (Lipinski definition) is 2. The van der Waals surface area contributed by atoms with Gasteiger partial charge in [0, 0.05) is 19.2 Å². The van der Waals surface area contributed by atoms with Crippen molar-refractivity contribution in [2.45, 2.75) is 59.4 Å². The topological polar surface area (TPSA) is 21.3 Å². The summed E-state index contributed by atoms with van der Waals surface area (Å²) in [5.74, 6) is 0.811. The van der Waals surface area contributed by atoms with Crippen LogP contribution in [-0.4, -0.2) is 25.8 Å². The van der Waals surface area contributed by atoms with Crippen LogP contribution >= 0.6 is 0 Å². The van der Waals surface area contributed by atoms with Crippen molar-refractivity contribution in [1.29, 1.82) is 0 Å². The first-order chi connectivity index (χ1) is 7.55. The maximum absolute atomic E-state index is 5.56. The molecule has 1 aliphatic rings. The Hall–Kier alpha value is -0.0800. The summed E-state index contributed by atoms with van der Waals surface area (Å²) in [6.45, 7) is 12.1. The predicted molar refractivity (Wildman–Crippen MR) is 69.7 cm³/mol. The van der Waals surface area contributed by atoms with Crippen LogP contribution in [0.5, 0.6) is 0 Å². The first-order valence-corrected chi connectivity index (χ1v) is 6.86. The van der Waals surface area contributed by atoms with E-state index in [1.54, 1.807) is 0 Å². The SMILES string of the molecule is CCCCOCCNC1CC(C)(C)CC1C. The lowest BCUT2D eigenvalue weighted by Crippen LogP contribution is -2.34. The average Bonchev–Trinajstić information content (AvgIpc) is 2.45. The first kappa shape index (κ1) is 14.0. The van der Waals surface area contributed by atoms with Gasteiger partial charge in [0.1, 0.15) is 0 Å². The minimum absolute atomic E-state index is 0.528. The summed E-state index contributed by atoms with van der Waals surface area (Å²) in [5.41, 5.74) is 0.528. The van der Waals surface area contributed by atoms with Gasteiger partial charge >= 0.3 is 0 Å². The molecule has 0 radical (unpaired) electrons. The van der Waals surface area contributed by atoms with Crippen LogP contribution in [0.2, 0.25) is 0 Å². The zero-order chi connectivity index (χ0) is 12.0. The van der Waals surface area contributed by atoms with Gasteiger partial charge in [-0.3, -0.25) is 0 Å². The molecule has 1 saturated carbocycles. The fourth-order valence-electron chi connectivity index (χ4n) is 2.83. The maximum atomic E-state index is 5.56. The second kappa shape index (κ2) is 6.61. The second-order valence-electron chi connectivity index (χ2n) is 6.08. The van der Waals surface area contributed by atoms with E-state index in [1.165, 1.54) is 25.7 Å². The highest BCUT2D eigenvalue weighted by Gasteiger charge is 2.35. The molecule has 1 fully saturated rings.